The van der Waals surface area contributed by atoms with Crippen molar-refractivity contribution in [3.05, 3.63) is 34.9 Å². The van der Waals surface area contributed by atoms with Gasteiger partial charge < -0.3 is 0 Å². The summed E-state index contributed by atoms with van der Waals surface area (Å²) in [5.41, 5.74) is 1.86. The molecule has 0 saturated heterocycles. The van der Waals surface area contributed by atoms with Crippen LogP contribution in [0.1, 0.15) is 57.1 Å². The Balaban J connectivity index is 2.35. The molecule has 0 bridgehead atoms. The van der Waals surface area contributed by atoms with Gasteiger partial charge in [0.2, 0.25) is 0 Å². The van der Waals surface area contributed by atoms with Gasteiger partial charge >= 0.3 is 0 Å². The number of hydrogen-bond donors (Lipinski definition) is 0. The predicted molar refractivity (Wildman–Crippen MR) is 86.8 cm³/mol. The van der Waals surface area contributed by atoms with Crippen molar-refractivity contribution >= 4 is 32.7 Å². The van der Waals surface area contributed by atoms with Gasteiger partial charge in [-0.2, -0.15) is 0 Å². The Bertz CT molecular complexity index is 341. The van der Waals surface area contributed by atoms with Gasteiger partial charge in [0.25, 0.3) is 0 Å². The van der Waals surface area contributed by atoms with Crippen molar-refractivity contribution in [2.24, 2.45) is 0 Å². The van der Waals surface area contributed by atoms with Crippen LogP contribution in [0.25, 0.3) is 0 Å². The molecule has 0 heterocycles. The Morgan fingerprint density at radius 1 is 1.17 bits per heavy atom. The molecule has 18 heavy (non-hydrogen) atoms. The molecule has 0 fully saturated rings. The molecule has 1 rings (SSSR count). The van der Waals surface area contributed by atoms with Gasteiger partial charge in [0.05, 0.1) is 0 Å². The van der Waals surface area contributed by atoms with Crippen LogP contribution in [0.3, 0.4) is 0 Å². The van der Waals surface area contributed by atoms with Gasteiger partial charge in [0.1, 0.15) is 0 Å². The summed E-state index contributed by atoms with van der Waals surface area (Å²) in [6.07, 6.45) is 6.42. The Hall–Kier alpha value is 0.0169. The van der Waals surface area contributed by atoms with Crippen LogP contribution in [0.2, 0.25) is 5.02 Å². The van der Waals surface area contributed by atoms with Gasteiger partial charge in [-0.05, 0) is 23.6 Å². The second kappa shape index (κ2) is 9.01. The highest BCUT2D eigenvalue weighted by molar-refractivity contribution is 6.54. The third-order valence-electron chi connectivity index (χ3n) is 3.42. The molecule has 2 unspecified atom stereocenters. The zero-order valence-electron chi connectivity index (χ0n) is 11.5. The maximum atomic E-state index is 6.48. The van der Waals surface area contributed by atoms with E-state index in [1.807, 2.05) is 12.1 Å². The van der Waals surface area contributed by atoms with Crippen LogP contribution >= 0.6 is 23.2 Å². The van der Waals surface area contributed by atoms with E-state index in [4.69, 9.17) is 23.2 Å². The van der Waals surface area contributed by atoms with E-state index in [-0.39, 0.29) is 9.52 Å². The van der Waals surface area contributed by atoms with Gasteiger partial charge in [-0.25, -0.2) is 0 Å². The van der Waals surface area contributed by atoms with Crippen LogP contribution in [0.5, 0.6) is 0 Å². The minimum Gasteiger partial charge on any atom is -0.127 e. The molecule has 0 aromatic heterocycles. The Morgan fingerprint density at radius 2 is 1.89 bits per heavy atom. The van der Waals surface area contributed by atoms with Crippen molar-refractivity contribution in [3.8, 4) is 0 Å². The molecular formula is C15H24Cl2Si. The molecule has 1 aromatic rings. The van der Waals surface area contributed by atoms with Crippen molar-refractivity contribution in [3.63, 3.8) is 0 Å². The minimum atomic E-state index is -0.313. The fraction of sp³-hybridized carbons (Fsp3) is 0.600. The quantitative estimate of drug-likeness (QED) is 0.356. The van der Waals surface area contributed by atoms with Crippen LogP contribution in [-0.2, 0) is 0 Å². The molecule has 0 aliphatic rings. The Kier molecular flexibility index (Phi) is 8.04. The molecular weight excluding hydrogens is 279 g/mol. The number of rotatable bonds is 8. The van der Waals surface area contributed by atoms with Crippen molar-refractivity contribution in [2.45, 2.75) is 56.5 Å². The highest BCUT2D eigenvalue weighted by atomic mass is 35.5. The SMILES string of the molecule is CCCCCCC(Cl)[SiH2]C(C)c1ccccc1Cl. The molecule has 2 atom stereocenters. The van der Waals surface area contributed by atoms with Crippen LogP contribution in [0.15, 0.2) is 24.3 Å². The van der Waals surface area contributed by atoms with E-state index in [1.54, 1.807) is 0 Å². The zero-order valence-corrected chi connectivity index (χ0v) is 14.4. The highest BCUT2D eigenvalue weighted by Crippen LogP contribution is 2.25. The van der Waals surface area contributed by atoms with Crippen molar-refractivity contribution in [1.82, 2.24) is 0 Å². The number of benzene rings is 1. The van der Waals surface area contributed by atoms with Crippen LogP contribution in [-0.4, -0.2) is 14.5 Å². The summed E-state index contributed by atoms with van der Waals surface area (Å²) in [6, 6.07) is 8.17. The number of alkyl halides is 1. The van der Waals surface area contributed by atoms with Crippen molar-refractivity contribution in [1.29, 1.82) is 0 Å². The molecule has 0 nitrogen and oxygen atoms in total. The first-order valence-corrected chi connectivity index (χ1v) is 9.48. The van der Waals surface area contributed by atoms with E-state index < -0.39 is 0 Å². The topological polar surface area (TPSA) is 0 Å². The molecule has 0 aliphatic heterocycles. The zero-order chi connectivity index (χ0) is 13.4. The fourth-order valence-electron chi connectivity index (χ4n) is 2.30. The number of hydrogen-bond acceptors (Lipinski definition) is 0. The first-order chi connectivity index (χ1) is 8.65. The second-order valence-electron chi connectivity index (χ2n) is 5.10. The Morgan fingerprint density at radius 3 is 2.56 bits per heavy atom. The number of unbranched alkanes of at least 4 members (excludes halogenated alkanes) is 3. The van der Waals surface area contributed by atoms with E-state index in [2.05, 4.69) is 26.0 Å². The van der Waals surface area contributed by atoms with Gasteiger partial charge in [-0.15, -0.1) is 11.6 Å². The third kappa shape index (κ3) is 5.77. The summed E-state index contributed by atoms with van der Waals surface area (Å²) in [5.74, 6) is 0. The normalized spacial score (nSPS) is 15.1. The standard InChI is InChI=1S/C15H24Cl2Si/c1-3-4-5-6-11-15(17)18-12(2)13-9-7-8-10-14(13)16/h7-10,12,15H,3-6,11,18H2,1-2H3. The first kappa shape index (κ1) is 16.1. The van der Waals surface area contributed by atoms with E-state index in [0.717, 1.165) is 5.02 Å². The lowest BCUT2D eigenvalue weighted by Crippen LogP contribution is -2.17. The van der Waals surface area contributed by atoms with Crippen LogP contribution < -0.4 is 0 Å². The fourth-order valence-corrected chi connectivity index (χ4v) is 5.60. The van der Waals surface area contributed by atoms with Crippen LogP contribution in [0, 0.1) is 0 Å². The molecule has 0 spiro atoms. The van der Waals surface area contributed by atoms with Crippen molar-refractivity contribution < 1.29 is 0 Å². The van der Waals surface area contributed by atoms with E-state index in [0.29, 0.717) is 10.5 Å². The molecule has 102 valence electrons. The summed E-state index contributed by atoms with van der Waals surface area (Å²) in [6.45, 7) is 4.52. The maximum absolute atomic E-state index is 6.48. The third-order valence-corrected chi connectivity index (χ3v) is 6.58. The summed E-state index contributed by atoms with van der Waals surface area (Å²) < 4.78 is 0. The molecule has 0 N–H and O–H groups in total. The summed E-state index contributed by atoms with van der Waals surface area (Å²) in [5, 5.41) is 1.31. The van der Waals surface area contributed by atoms with Gasteiger partial charge in [-0.3, -0.25) is 0 Å². The molecule has 0 aliphatic carbocycles. The van der Waals surface area contributed by atoms with Gasteiger partial charge in [0, 0.05) is 19.5 Å². The lowest BCUT2D eigenvalue weighted by molar-refractivity contribution is 0.647. The Labute approximate surface area is 124 Å². The van der Waals surface area contributed by atoms with Gasteiger partial charge in [0.15, 0.2) is 0 Å². The lowest BCUT2D eigenvalue weighted by atomic mass is 10.2. The first-order valence-electron chi connectivity index (χ1n) is 7.03. The smallest absolute Gasteiger partial charge is 0.0499 e. The van der Waals surface area contributed by atoms with Crippen LogP contribution in [0.4, 0.5) is 0 Å². The highest BCUT2D eigenvalue weighted by Gasteiger charge is 2.15. The van der Waals surface area contributed by atoms with E-state index in [1.165, 1.54) is 37.7 Å². The maximum Gasteiger partial charge on any atom is 0.0499 e. The van der Waals surface area contributed by atoms with E-state index >= 15 is 0 Å². The summed E-state index contributed by atoms with van der Waals surface area (Å²) >= 11 is 12.7. The minimum absolute atomic E-state index is 0.313. The number of halogens is 2. The average Bonchev–Trinajstić information content (AvgIpc) is 2.35. The predicted octanol–water partition coefficient (Wildman–Crippen LogP) is 5.11. The monoisotopic (exact) mass is 302 g/mol. The molecule has 0 amide bonds. The lowest BCUT2D eigenvalue weighted by Gasteiger charge is -2.16. The average molecular weight is 303 g/mol. The second-order valence-corrected chi connectivity index (χ2v) is 9.33. The molecule has 0 radical (unpaired) electrons. The van der Waals surface area contributed by atoms with Gasteiger partial charge in [-0.1, -0.05) is 69.3 Å². The molecule has 0 saturated carbocycles. The largest absolute Gasteiger partial charge is 0.127 e. The molecule has 1 aromatic carbocycles. The van der Waals surface area contributed by atoms with E-state index in [9.17, 15) is 0 Å². The molecule has 3 heteroatoms. The van der Waals surface area contributed by atoms with Crippen molar-refractivity contribution in [2.75, 3.05) is 0 Å². The summed E-state index contributed by atoms with van der Waals surface area (Å²) in [4.78, 5) is 0. The summed E-state index contributed by atoms with van der Waals surface area (Å²) in [7, 11) is -0.313.